The van der Waals surface area contributed by atoms with E-state index in [1.165, 1.54) is 16.7 Å². The van der Waals surface area contributed by atoms with Gasteiger partial charge in [0.05, 0.1) is 16.4 Å². The molecular formula is C35H28Cl3N2O7PS. The minimum atomic E-state index is -3.87. The SMILES string of the molecule is O=C(N[C@@H]1C(=O)N2C(C(=O)OC(c3ccccc3)c3ccccc3)=C(OP(=O)(c3ccccc3)c3ccccc3)CS[C@H]12)OCC(Cl)(Cl)Cl. The van der Waals surface area contributed by atoms with Crippen LogP contribution in [0.3, 0.4) is 0 Å². The van der Waals surface area contributed by atoms with Gasteiger partial charge < -0.3 is 19.3 Å². The van der Waals surface area contributed by atoms with Gasteiger partial charge in [0.15, 0.2) is 11.8 Å². The standard InChI is InChI=1S/C35H28Cl3N2O7PS/c36-35(37,38)22-45-34(43)39-28-31(41)40-29(33(42)46-30(23-13-5-1-6-14-23)24-15-7-2-8-16-24)27(21-49-32(28)40)47-48(44,25-17-9-3-10-18-25)26-19-11-4-12-20-26/h1-20,28,30,32H,21-22H2,(H,39,43)/t28-,32-/m1/s1. The van der Waals surface area contributed by atoms with Gasteiger partial charge in [-0.15, -0.1) is 11.8 Å². The summed E-state index contributed by atoms with van der Waals surface area (Å²) < 4.78 is 30.7. The summed E-state index contributed by atoms with van der Waals surface area (Å²) in [5.74, 6) is -1.50. The number of benzene rings is 4. The molecule has 0 unspecified atom stereocenters. The quantitative estimate of drug-likeness (QED) is 0.0810. The average Bonchev–Trinajstić information content (AvgIpc) is 3.12. The fraction of sp³-hybridized carbons (Fsp3) is 0.171. The molecule has 0 spiro atoms. The van der Waals surface area contributed by atoms with E-state index in [9.17, 15) is 18.9 Å². The van der Waals surface area contributed by atoms with Crippen LogP contribution in [0.4, 0.5) is 4.79 Å². The van der Waals surface area contributed by atoms with Crippen LogP contribution in [0.1, 0.15) is 17.2 Å². The average molecular weight is 758 g/mol. The van der Waals surface area contributed by atoms with E-state index in [1.807, 2.05) is 60.7 Å². The largest absolute Gasteiger partial charge is 0.448 e. The molecule has 0 bridgehead atoms. The lowest BCUT2D eigenvalue weighted by Gasteiger charge is -2.49. The molecule has 1 saturated heterocycles. The van der Waals surface area contributed by atoms with E-state index in [-0.39, 0.29) is 17.2 Å². The first-order valence-corrected chi connectivity index (χ1v) is 18.8. The van der Waals surface area contributed by atoms with Gasteiger partial charge >= 0.3 is 19.4 Å². The number of rotatable bonds is 10. The second kappa shape index (κ2) is 14.9. The van der Waals surface area contributed by atoms with Gasteiger partial charge in [-0.1, -0.05) is 132 Å². The van der Waals surface area contributed by atoms with Crippen molar-refractivity contribution in [3.8, 4) is 0 Å². The highest BCUT2D eigenvalue weighted by atomic mass is 35.6. The molecule has 0 aromatic heterocycles. The monoisotopic (exact) mass is 756 g/mol. The van der Waals surface area contributed by atoms with Crippen molar-refractivity contribution in [1.82, 2.24) is 10.2 Å². The van der Waals surface area contributed by atoms with Crippen LogP contribution in [0.5, 0.6) is 0 Å². The van der Waals surface area contributed by atoms with E-state index in [2.05, 4.69) is 5.32 Å². The Bertz CT molecular complexity index is 1820. The number of alkyl halides is 3. The van der Waals surface area contributed by atoms with E-state index in [4.69, 9.17) is 48.8 Å². The van der Waals surface area contributed by atoms with Gasteiger partial charge in [0.2, 0.25) is 3.79 Å². The molecule has 2 amide bonds. The van der Waals surface area contributed by atoms with E-state index in [0.29, 0.717) is 21.7 Å². The molecule has 6 rings (SSSR count). The highest BCUT2D eigenvalue weighted by molar-refractivity contribution is 8.00. The molecular weight excluding hydrogens is 730 g/mol. The first-order valence-electron chi connectivity index (χ1n) is 14.9. The Hall–Kier alpha value is -3.92. The second-order valence-electron chi connectivity index (χ2n) is 10.9. The summed E-state index contributed by atoms with van der Waals surface area (Å²) in [6.07, 6.45) is -1.83. The number of esters is 1. The first kappa shape index (κ1) is 34.9. The molecule has 1 fully saturated rings. The van der Waals surface area contributed by atoms with Gasteiger partial charge in [-0.25, -0.2) is 9.59 Å². The van der Waals surface area contributed by atoms with Crippen LogP contribution in [0.25, 0.3) is 0 Å². The van der Waals surface area contributed by atoms with Crippen LogP contribution in [-0.4, -0.2) is 50.4 Å². The van der Waals surface area contributed by atoms with E-state index in [1.54, 1.807) is 60.7 Å². The maximum absolute atomic E-state index is 14.9. The number of β-lactam (4-membered cyclic amide) rings is 1. The molecule has 14 heteroatoms. The summed E-state index contributed by atoms with van der Waals surface area (Å²) in [5.41, 5.74) is 1.17. The normalized spacial score (nSPS) is 17.6. The Morgan fingerprint density at radius 1 is 0.837 bits per heavy atom. The molecule has 4 aromatic carbocycles. The van der Waals surface area contributed by atoms with Crippen molar-refractivity contribution in [3.63, 3.8) is 0 Å². The summed E-state index contributed by atoms with van der Waals surface area (Å²) in [6, 6.07) is 34.5. The molecule has 2 atom stereocenters. The number of amides is 2. The number of fused-ring (bicyclic) bond motifs is 1. The number of halogens is 3. The van der Waals surface area contributed by atoms with Gasteiger partial charge in [-0.3, -0.25) is 14.3 Å². The van der Waals surface area contributed by atoms with Crippen molar-refractivity contribution < 1.29 is 32.9 Å². The molecule has 49 heavy (non-hydrogen) atoms. The van der Waals surface area contributed by atoms with Gasteiger partial charge in [-0.2, -0.15) is 0 Å². The first-order chi connectivity index (χ1) is 23.5. The third kappa shape index (κ3) is 7.79. The molecule has 252 valence electrons. The van der Waals surface area contributed by atoms with Gasteiger partial charge in [0.25, 0.3) is 5.91 Å². The number of nitrogens with zero attached hydrogens (tertiary/aromatic N) is 1. The number of carbonyl (C=O) groups excluding carboxylic acids is 3. The Balaban J connectivity index is 1.39. The van der Waals surface area contributed by atoms with Gasteiger partial charge in [0.1, 0.15) is 23.8 Å². The molecule has 4 aromatic rings. The van der Waals surface area contributed by atoms with Crippen LogP contribution < -0.4 is 15.9 Å². The van der Waals surface area contributed by atoms with Crippen molar-refractivity contribution in [2.45, 2.75) is 21.3 Å². The smallest absolute Gasteiger partial charge is 0.408 e. The number of hydrogen-bond acceptors (Lipinski definition) is 8. The van der Waals surface area contributed by atoms with E-state index < -0.39 is 53.3 Å². The summed E-state index contributed by atoms with van der Waals surface area (Å²) >= 11 is 18.3. The maximum Gasteiger partial charge on any atom is 0.408 e. The third-order valence-corrected chi connectivity index (χ3v) is 11.6. The Morgan fingerprint density at radius 3 is 1.82 bits per heavy atom. The zero-order valence-electron chi connectivity index (χ0n) is 25.5. The number of hydrogen-bond donors (Lipinski definition) is 1. The van der Waals surface area contributed by atoms with Crippen molar-refractivity contribution in [2.24, 2.45) is 0 Å². The Labute approximate surface area is 301 Å². The summed E-state index contributed by atoms with van der Waals surface area (Å²) in [5, 5.41) is 2.53. The van der Waals surface area contributed by atoms with Gasteiger partial charge in [-0.05, 0) is 35.4 Å². The minimum absolute atomic E-state index is 0.00672. The zero-order valence-corrected chi connectivity index (χ0v) is 29.5. The molecule has 0 saturated carbocycles. The molecule has 1 N–H and O–H groups in total. The zero-order chi connectivity index (χ0) is 34.6. The highest BCUT2D eigenvalue weighted by Crippen LogP contribution is 2.51. The van der Waals surface area contributed by atoms with E-state index >= 15 is 0 Å². The van der Waals surface area contributed by atoms with E-state index in [0.717, 1.165) is 0 Å². The fourth-order valence-electron chi connectivity index (χ4n) is 5.37. The second-order valence-corrected chi connectivity index (χ2v) is 16.9. The lowest BCUT2D eigenvalue weighted by Crippen LogP contribution is -2.70. The minimum Gasteiger partial charge on any atom is -0.448 e. The Kier molecular flexibility index (Phi) is 10.6. The van der Waals surface area contributed by atoms with Crippen molar-refractivity contribution in [1.29, 1.82) is 0 Å². The molecule has 9 nitrogen and oxygen atoms in total. The predicted octanol–water partition coefficient (Wildman–Crippen LogP) is 6.86. The lowest BCUT2D eigenvalue weighted by atomic mass is 10.0. The summed E-state index contributed by atoms with van der Waals surface area (Å²) in [7, 11) is -3.87. The molecule has 0 radical (unpaired) electrons. The van der Waals surface area contributed by atoms with Crippen LogP contribution in [0.15, 0.2) is 133 Å². The van der Waals surface area contributed by atoms with Crippen LogP contribution in [0.2, 0.25) is 0 Å². The number of alkyl carbamates (subject to hydrolysis) is 1. The fourth-order valence-corrected chi connectivity index (χ4v) is 8.98. The number of thioether (sulfide) groups is 1. The van der Waals surface area contributed by atoms with Crippen LogP contribution in [-0.2, 0) is 28.2 Å². The maximum atomic E-state index is 14.9. The molecule has 2 aliphatic rings. The van der Waals surface area contributed by atoms with Crippen molar-refractivity contribution in [3.05, 3.63) is 144 Å². The van der Waals surface area contributed by atoms with Crippen LogP contribution in [0, 0.1) is 0 Å². The lowest BCUT2D eigenvalue weighted by molar-refractivity contribution is -0.154. The molecule has 2 heterocycles. The molecule has 0 aliphatic carbocycles. The van der Waals surface area contributed by atoms with Crippen molar-refractivity contribution in [2.75, 3.05) is 12.4 Å². The van der Waals surface area contributed by atoms with Crippen LogP contribution >= 0.6 is 53.9 Å². The number of carbonyl (C=O) groups is 3. The number of ether oxygens (including phenoxy) is 2. The number of nitrogens with one attached hydrogen (secondary N) is 1. The topological polar surface area (TPSA) is 111 Å². The third-order valence-electron chi connectivity index (χ3n) is 7.63. The Morgan fingerprint density at radius 2 is 1.33 bits per heavy atom. The highest BCUT2D eigenvalue weighted by Gasteiger charge is 2.56. The summed E-state index contributed by atoms with van der Waals surface area (Å²) in [4.78, 5) is 41.8. The van der Waals surface area contributed by atoms with Crippen molar-refractivity contribution >= 4 is 82.5 Å². The summed E-state index contributed by atoms with van der Waals surface area (Å²) in [6.45, 7) is -0.546. The predicted molar refractivity (Wildman–Crippen MR) is 190 cm³/mol. The molecule has 2 aliphatic heterocycles. The van der Waals surface area contributed by atoms with Gasteiger partial charge in [0, 0.05) is 0 Å².